The van der Waals surface area contributed by atoms with Gasteiger partial charge in [0, 0.05) is 11.3 Å². The van der Waals surface area contributed by atoms with E-state index in [0.29, 0.717) is 22.5 Å². The van der Waals surface area contributed by atoms with E-state index < -0.39 is 11.5 Å². The molecule has 0 saturated heterocycles. The number of carbonyl (C=O) groups is 2. The van der Waals surface area contributed by atoms with E-state index >= 15 is 0 Å². The highest BCUT2D eigenvalue weighted by Gasteiger charge is 2.11. The third kappa shape index (κ3) is 4.64. The molecule has 3 rings (SSSR count). The van der Waals surface area contributed by atoms with E-state index in [4.69, 9.17) is 27.9 Å². The number of halogens is 2. The van der Waals surface area contributed by atoms with Gasteiger partial charge in [0.15, 0.2) is 0 Å². The molecule has 7 nitrogen and oxygen atoms in total. The lowest BCUT2D eigenvalue weighted by molar-refractivity contribution is 0.0526. The fourth-order valence-corrected chi connectivity index (χ4v) is 2.71. The summed E-state index contributed by atoms with van der Waals surface area (Å²) in [7, 11) is 0. The standard InChI is InChI=1S/C20H15Cl2N3O4/c1-2-29-20(28)13-3-7-14(8-4-13)24-18(26)12-5-9-15(10-6-12)25-19(27)17(22)16(21)11-23-25/h3-11H,2H2,1H3,(H,24,26). The van der Waals surface area contributed by atoms with Crippen molar-refractivity contribution >= 4 is 40.8 Å². The molecule has 0 aliphatic rings. The third-order valence-electron chi connectivity index (χ3n) is 3.90. The molecule has 0 spiro atoms. The van der Waals surface area contributed by atoms with Crippen molar-refractivity contribution in [3.8, 4) is 5.69 Å². The van der Waals surface area contributed by atoms with Crippen LogP contribution in [0.25, 0.3) is 5.69 Å². The molecule has 0 radical (unpaired) electrons. The Balaban J connectivity index is 1.73. The zero-order chi connectivity index (χ0) is 21.0. The van der Waals surface area contributed by atoms with Crippen LogP contribution in [0.3, 0.4) is 0 Å². The van der Waals surface area contributed by atoms with Crippen LogP contribution < -0.4 is 10.9 Å². The number of carbonyl (C=O) groups excluding carboxylic acids is 2. The maximum atomic E-state index is 12.4. The summed E-state index contributed by atoms with van der Waals surface area (Å²) in [5.74, 6) is -0.776. The molecule has 0 fully saturated rings. The molecule has 1 aromatic heterocycles. The van der Waals surface area contributed by atoms with Gasteiger partial charge >= 0.3 is 5.97 Å². The third-order valence-corrected chi connectivity index (χ3v) is 4.65. The van der Waals surface area contributed by atoms with Crippen LogP contribution in [-0.2, 0) is 4.74 Å². The molecule has 1 amide bonds. The van der Waals surface area contributed by atoms with E-state index in [2.05, 4.69) is 10.4 Å². The molecule has 2 aromatic carbocycles. The van der Waals surface area contributed by atoms with Crippen molar-refractivity contribution < 1.29 is 14.3 Å². The fraction of sp³-hybridized carbons (Fsp3) is 0.100. The number of hydrogen-bond acceptors (Lipinski definition) is 5. The summed E-state index contributed by atoms with van der Waals surface area (Å²) < 4.78 is 6.00. The summed E-state index contributed by atoms with van der Waals surface area (Å²) in [4.78, 5) is 36.2. The number of nitrogens with zero attached hydrogens (tertiary/aromatic N) is 2. The molecular formula is C20H15Cl2N3O4. The first-order valence-electron chi connectivity index (χ1n) is 8.53. The van der Waals surface area contributed by atoms with E-state index in [1.165, 1.54) is 6.20 Å². The first kappa shape index (κ1) is 20.6. The lowest BCUT2D eigenvalue weighted by atomic mass is 10.1. The number of amides is 1. The summed E-state index contributed by atoms with van der Waals surface area (Å²) >= 11 is 11.6. The average Bonchev–Trinajstić information content (AvgIpc) is 2.73. The highest BCUT2D eigenvalue weighted by atomic mass is 35.5. The molecule has 3 aromatic rings. The molecule has 148 valence electrons. The van der Waals surface area contributed by atoms with Gasteiger partial charge < -0.3 is 10.1 Å². The minimum atomic E-state index is -0.557. The smallest absolute Gasteiger partial charge is 0.338 e. The van der Waals surface area contributed by atoms with Crippen LogP contribution in [0.1, 0.15) is 27.6 Å². The predicted octanol–water partition coefficient (Wildman–Crippen LogP) is 3.97. The Hall–Kier alpha value is -3.16. The average molecular weight is 432 g/mol. The van der Waals surface area contributed by atoms with Crippen LogP contribution in [0.4, 0.5) is 5.69 Å². The molecule has 9 heteroatoms. The first-order valence-corrected chi connectivity index (χ1v) is 9.28. The molecule has 0 saturated carbocycles. The van der Waals surface area contributed by atoms with Crippen molar-refractivity contribution in [1.29, 1.82) is 0 Å². The van der Waals surface area contributed by atoms with Crippen molar-refractivity contribution in [2.75, 3.05) is 11.9 Å². The summed E-state index contributed by atoms with van der Waals surface area (Å²) in [6, 6.07) is 12.6. The van der Waals surface area contributed by atoms with E-state index in [-0.39, 0.29) is 22.6 Å². The SMILES string of the molecule is CCOC(=O)c1ccc(NC(=O)c2ccc(-n3ncc(Cl)c(Cl)c3=O)cc2)cc1. The fourth-order valence-electron chi connectivity index (χ4n) is 2.46. The van der Waals surface area contributed by atoms with Crippen molar-refractivity contribution in [3.05, 3.63) is 86.3 Å². The monoisotopic (exact) mass is 431 g/mol. The molecular weight excluding hydrogens is 417 g/mol. The number of ether oxygens (including phenoxy) is 1. The van der Waals surface area contributed by atoms with Crippen LogP contribution >= 0.6 is 23.2 Å². The second kappa shape index (κ2) is 8.89. The van der Waals surface area contributed by atoms with Crippen molar-refractivity contribution in [3.63, 3.8) is 0 Å². The predicted molar refractivity (Wildman–Crippen MR) is 110 cm³/mol. The highest BCUT2D eigenvalue weighted by molar-refractivity contribution is 6.41. The Morgan fingerprint density at radius 3 is 2.28 bits per heavy atom. The molecule has 0 aliphatic heterocycles. The zero-order valence-electron chi connectivity index (χ0n) is 15.2. The van der Waals surface area contributed by atoms with Gasteiger partial charge in [0.05, 0.1) is 29.1 Å². The number of aromatic nitrogens is 2. The van der Waals surface area contributed by atoms with Gasteiger partial charge in [-0.1, -0.05) is 23.2 Å². The van der Waals surface area contributed by atoms with Gasteiger partial charge in [-0.2, -0.15) is 9.78 Å². The number of anilines is 1. The zero-order valence-corrected chi connectivity index (χ0v) is 16.7. The molecule has 0 aliphatic carbocycles. The number of benzene rings is 2. The van der Waals surface area contributed by atoms with Gasteiger partial charge in [-0.25, -0.2) is 4.79 Å². The second-order valence-corrected chi connectivity index (χ2v) is 6.61. The van der Waals surface area contributed by atoms with E-state index in [0.717, 1.165) is 4.68 Å². The molecule has 1 heterocycles. The lowest BCUT2D eigenvalue weighted by Crippen LogP contribution is -2.21. The van der Waals surface area contributed by atoms with Gasteiger partial charge in [0.1, 0.15) is 5.02 Å². The lowest BCUT2D eigenvalue weighted by Gasteiger charge is -2.08. The van der Waals surface area contributed by atoms with Gasteiger partial charge in [-0.05, 0) is 55.5 Å². The van der Waals surface area contributed by atoms with Crippen LogP contribution in [0.2, 0.25) is 10.0 Å². The maximum absolute atomic E-state index is 12.4. The van der Waals surface area contributed by atoms with Crippen molar-refractivity contribution in [1.82, 2.24) is 9.78 Å². The van der Waals surface area contributed by atoms with Crippen LogP contribution in [0.15, 0.2) is 59.5 Å². The maximum Gasteiger partial charge on any atom is 0.338 e. The van der Waals surface area contributed by atoms with Gasteiger partial charge in [0.25, 0.3) is 11.5 Å². The van der Waals surface area contributed by atoms with Crippen LogP contribution in [-0.4, -0.2) is 28.3 Å². The summed E-state index contributed by atoms with van der Waals surface area (Å²) in [6.45, 7) is 2.02. The molecule has 29 heavy (non-hydrogen) atoms. The van der Waals surface area contributed by atoms with E-state index in [1.54, 1.807) is 55.5 Å². The molecule has 0 bridgehead atoms. The number of esters is 1. The Morgan fingerprint density at radius 1 is 1.03 bits per heavy atom. The van der Waals surface area contributed by atoms with Crippen LogP contribution in [0.5, 0.6) is 0 Å². The van der Waals surface area contributed by atoms with E-state index in [9.17, 15) is 14.4 Å². The van der Waals surface area contributed by atoms with E-state index in [1.807, 2.05) is 0 Å². The Morgan fingerprint density at radius 2 is 1.66 bits per heavy atom. The minimum Gasteiger partial charge on any atom is -0.462 e. The Kier molecular flexibility index (Phi) is 6.31. The first-order chi connectivity index (χ1) is 13.9. The normalized spacial score (nSPS) is 10.4. The number of hydrogen-bond donors (Lipinski definition) is 1. The number of rotatable bonds is 5. The number of nitrogens with one attached hydrogen (secondary N) is 1. The topological polar surface area (TPSA) is 90.3 Å². The summed E-state index contributed by atoms with van der Waals surface area (Å²) in [5.41, 5.74) is 1.17. The quantitative estimate of drug-likeness (QED) is 0.617. The van der Waals surface area contributed by atoms with Gasteiger partial charge in [-0.15, -0.1) is 0 Å². The summed E-state index contributed by atoms with van der Waals surface area (Å²) in [6.07, 6.45) is 1.27. The molecule has 0 atom stereocenters. The molecule has 1 N–H and O–H groups in total. The Bertz CT molecular complexity index is 1110. The second-order valence-electron chi connectivity index (χ2n) is 5.82. The Labute approximate surface area is 175 Å². The summed E-state index contributed by atoms with van der Waals surface area (Å²) in [5, 5.41) is 6.60. The van der Waals surface area contributed by atoms with Gasteiger partial charge in [-0.3, -0.25) is 9.59 Å². The molecule has 0 unspecified atom stereocenters. The van der Waals surface area contributed by atoms with Crippen LogP contribution in [0, 0.1) is 0 Å². The highest BCUT2D eigenvalue weighted by Crippen LogP contribution is 2.17. The minimum absolute atomic E-state index is 0.0675. The van der Waals surface area contributed by atoms with Crippen molar-refractivity contribution in [2.24, 2.45) is 0 Å². The largest absolute Gasteiger partial charge is 0.462 e. The van der Waals surface area contributed by atoms with Crippen molar-refractivity contribution in [2.45, 2.75) is 6.92 Å². The van der Waals surface area contributed by atoms with Gasteiger partial charge in [0.2, 0.25) is 0 Å².